The highest BCUT2D eigenvalue weighted by molar-refractivity contribution is 7.99. The second-order valence-corrected chi connectivity index (χ2v) is 8.32. The first-order chi connectivity index (χ1) is 15.8. The third-order valence-corrected chi connectivity index (χ3v) is 6.20. The summed E-state index contributed by atoms with van der Waals surface area (Å²) in [5.41, 5.74) is 2.42. The summed E-state index contributed by atoms with van der Waals surface area (Å²) < 4.78 is 5.17. The van der Waals surface area contributed by atoms with E-state index in [2.05, 4.69) is 84.1 Å². The number of nitrogens with zero attached hydrogens (tertiary/aromatic N) is 5. The normalized spacial score (nSPS) is 12.3. The Bertz CT molecular complexity index is 1160. The number of para-hydroxylation sites is 2. The number of H-pyrrole nitrogens is 1. The maximum Gasteiger partial charge on any atom is 0.239 e. The van der Waals surface area contributed by atoms with Gasteiger partial charge in [-0.1, -0.05) is 41.2 Å². The van der Waals surface area contributed by atoms with Crippen molar-refractivity contribution >= 4 is 29.0 Å². The second kappa shape index (κ2) is 9.23. The molecule has 2 aromatic heterocycles. The van der Waals surface area contributed by atoms with Crippen LogP contribution in [0.4, 0.5) is 11.4 Å². The standard InChI is InChI=1S/C22H21N7O2S/c30-19(10-11-20-26-22(28-31-20)21-24-14-25-27-21)23-12-5-13-29-15-6-1-3-8-17(15)32-18-9-4-2-7-16(18)29/h1-4,6-9,14H,5,10-13H2,(H,23,30)(H,24,25,27). The average molecular weight is 448 g/mol. The van der Waals surface area contributed by atoms with Crippen molar-refractivity contribution in [2.45, 2.75) is 29.1 Å². The first kappa shape index (κ1) is 20.3. The van der Waals surface area contributed by atoms with Gasteiger partial charge in [0.05, 0.1) is 11.4 Å². The third kappa shape index (κ3) is 4.35. The van der Waals surface area contributed by atoms with Crippen LogP contribution in [0.2, 0.25) is 0 Å². The van der Waals surface area contributed by atoms with Gasteiger partial charge < -0.3 is 14.7 Å². The van der Waals surface area contributed by atoms with Crippen molar-refractivity contribution in [3.05, 3.63) is 60.7 Å². The van der Waals surface area contributed by atoms with Gasteiger partial charge in [0.2, 0.25) is 17.6 Å². The van der Waals surface area contributed by atoms with Crippen molar-refractivity contribution < 1.29 is 9.32 Å². The Morgan fingerprint density at radius 1 is 1.09 bits per heavy atom. The molecule has 4 aromatic rings. The van der Waals surface area contributed by atoms with Gasteiger partial charge in [-0.3, -0.25) is 9.89 Å². The highest BCUT2D eigenvalue weighted by atomic mass is 32.2. The van der Waals surface area contributed by atoms with E-state index >= 15 is 0 Å². The van der Waals surface area contributed by atoms with Gasteiger partial charge in [0.15, 0.2) is 5.82 Å². The summed E-state index contributed by atoms with van der Waals surface area (Å²) in [6, 6.07) is 16.8. The minimum absolute atomic E-state index is 0.0422. The average Bonchev–Trinajstić information content (AvgIpc) is 3.52. The molecule has 1 amide bonds. The molecule has 0 spiro atoms. The number of carbonyl (C=O) groups excluding carboxylic acids is 1. The molecule has 162 valence electrons. The van der Waals surface area contributed by atoms with E-state index in [1.54, 1.807) is 11.8 Å². The van der Waals surface area contributed by atoms with Crippen molar-refractivity contribution in [2.75, 3.05) is 18.0 Å². The molecule has 5 rings (SSSR count). The molecule has 9 nitrogen and oxygen atoms in total. The topological polar surface area (TPSA) is 113 Å². The number of rotatable bonds is 8. The number of fused-ring (bicyclic) bond motifs is 2. The smallest absolute Gasteiger partial charge is 0.239 e. The molecular formula is C22H21N7O2S. The molecule has 0 aliphatic carbocycles. The number of hydrogen-bond acceptors (Lipinski definition) is 8. The van der Waals surface area contributed by atoms with Crippen LogP contribution in [0.1, 0.15) is 18.7 Å². The monoisotopic (exact) mass is 447 g/mol. The van der Waals surface area contributed by atoms with Gasteiger partial charge in [0, 0.05) is 35.7 Å². The Morgan fingerprint density at radius 3 is 2.56 bits per heavy atom. The van der Waals surface area contributed by atoms with Crippen LogP contribution in [0.3, 0.4) is 0 Å². The van der Waals surface area contributed by atoms with Crippen molar-refractivity contribution in [2.24, 2.45) is 0 Å². The van der Waals surface area contributed by atoms with Crippen LogP contribution in [0.5, 0.6) is 0 Å². The molecule has 10 heteroatoms. The lowest BCUT2D eigenvalue weighted by Crippen LogP contribution is -2.29. The molecular weight excluding hydrogens is 426 g/mol. The lowest BCUT2D eigenvalue weighted by Gasteiger charge is -2.32. The molecule has 32 heavy (non-hydrogen) atoms. The maximum absolute atomic E-state index is 12.3. The summed E-state index contributed by atoms with van der Waals surface area (Å²) in [4.78, 5) is 25.3. The van der Waals surface area contributed by atoms with E-state index in [0.29, 0.717) is 30.5 Å². The van der Waals surface area contributed by atoms with Crippen LogP contribution in [0.15, 0.2) is 69.2 Å². The molecule has 0 atom stereocenters. The highest BCUT2D eigenvalue weighted by Gasteiger charge is 2.22. The van der Waals surface area contributed by atoms with E-state index in [-0.39, 0.29) is 12.3 Å². The molecule has 1 aliphatic heterocycles. The van der Waals surface area contributed by atoms with Gasteiger partial charge in [-0.05, 0) is 30.7 Å². The fourth-order valence-electron chi connectivity index (χ4n) is 3.56. The maximum atomic E-state index is 12.3. The van der Waals surface area contributed by atoms with E-state index in [9.17, 15) is 4.79 Å². The minimum atomic E-state index is -0.0422. The van der Waals surface area contributed by atoms with E-state index in [1.165, 1.54) is 27.5 Å². The van der Waals surface area contributed by atoms with E-state index < -0.39 is 0 Å². The van der Waals surface area contributed by atoms with Crippen LogP contribution < -0.4 is 10.2 Å². The van der Waals surface area contributed by atoms with Gasteiger partial charge >= 0.3 is 0 Å². The van der Waals surface area contributed by atoms with Crippen LogP contribution in [-0.4, -0.2) is 44.3 Å². The Morgan fingerprint density at radius 2 is 1.84 bits per heavy atom. The zero-order valence-corrected chi connectivity index (χ0v) is 18.0. The Kier molecular flexibility index (Phi) is 5.84. The summed E-state index contributed by atoms with van der Waals surface area (Å²) >= 11 is 1.79. The molecule has 2 N–H and O–H groups in total. The molecule has 0 saturated carbocycles. The molecule has 0 radical (unpaired) electrons. The number of carbonyl (C=O) groups is 1. The van der Waals surface area contributed by atoms with Gasteiger partial charge in [0.1, 0.15) is 6.33 Å². The molecule has 1 aliphatic rings. The third-order valence-electron chi connectivity index (χ3n) is 5.07. The largest absolute Gasteiger partial charge is 0.356 e. The number of aromatic nitrogens is 5. The number of hydrogen-bond donors (Lipinski definition) is 2. The number of nitrogens with one attached hydrogen (secondary N) is 2. The Balaban J connectivity index is 1.11. The fraction of sp³-hybridized carbons (Fsp3) is 0.227. The van der Waals surface area contributed by atoms with E-state index in [4.69, 9.17) is 4.52 Å². The van der Waals surface area contributed by atoms with Crippen LogP contribution in [0, 0.1) is 0 Å². The number of benzene rings is 2. The molecule has 0 saturated heterocycles. The van der Waals surface area contributed by atoms with Crippen molar-refractivity contribution in [1.29, 1.82) is 0 Å². The molecule has 0 bridgehead atoms. The molecule has 2 aromatic carbocycles. The highest BCUT2D eigenvalue weighted by Crippen LogP contribution is 2.47. The zero-order chi connectivity index (χ0) is 21.8. The summed E-state index contributed by atoms with van der Waals surface area (Å²) in [6.07, 6.45) is 2.86. The van der Waals surface area contributed by atoms with Gasteiger partial charge in [-0.2, -0.15) is 10.1 Å². The lowest BCUT2D eigenvalue weighted by atomic mass is 10.2. The lowest BCUT2D eigenvalue weighted by molar-refractivity contribution is -0.121. The zero-order valence-electron chi connectivity index (χ0n) is 17.2. The van der Waals surface area contributed by atoms with Crippen LogP contribution >= 0.6 is 11.8 Å². The number of aryl methyl sites for hydroxylation is 1. The number of amides is 1. The Hall–Kier alpha value is -3.66. The first-order valence-corrected chi connectivity index (χ1v) is 11.2. The predicted octanol–water partition coefficient (Wildman–Crippen LogP) is 3.60. The Labute approximate surface area is 188 Å². The van der Waals surface area contributed by atoms with E-state index in [0.717, 1.165) is 13.0 Å². The van der Waals surface area contributed by atoms with Crippen molar-refractivity contribution in [3.63, 3.8) is 0 Å². The second-order valence-electron chi connectivity index (χ2n) is 7.24. The minimum Gasteiger partial charge on any atom is -0.356 e. The molecule has 0 fully saturated rings. The quantitative estimate of drug-likeness (QED) is 0.394. The summed E-state index contributed by atoms with van der Waals surface area (Å²) in [5, 5.41) is 13.3. The SMILES string of the molecule is O=C(CCc1nc(-c2ncn[nH]2)no1)NCCCN1c2ccccc2Sc2ccccc21. The molecule has 3 heterocycles. The van der Waals surface area contributed by atoms with Gasteiger partial charge in [-0.15, -0.1) is 0 Å². The molecule has 0 unspecified atom stereocenters. The first-order valence-electron chi connectivity index (χ1n) is 10.4. The summed E-state index contributed by atoms with van der Waals surface area (Å²) in [7, 11) is 0. The number of anilines is 2. The van der Waals surface area contributed by atoms with Crippen molar-refractivity contribution in [3.8, 4) is 11.6 Å². The summed E-state index contributed by atoms with van der Waals surface area (Å²) in [5.74, 6) is 1.12. The van der Waals surface area contributed by atoms with Crippen LogP contribution in [0.25, 0.3) is 11.6 Å². The van der Waals surface area contributed by atoms with Gasteiger partial charge in [0.25, 0.3) is 0 Å². The van der Waals surface area contributed by atoms with Gasteiger partial charge in [-0.25, -0.2) is 4.98 Å². The fourth-order valence-corrected chi connectivity index (χ4v) is 4.66. The number of aromatic amines is 1. The van der Waals surface area contributed by atoms with Crippen molar-refractivity contribution in [1.82, 2.24) is 30.6 Å². The van der Waals surface area contributed by atoms with E-state index in [1.807, 2.05) is 0 Å². The van der Waals surface area contributed by atoms with Crippen LogP contribution in [-0.2, 0) is 11.2 Å². The summed E-state index contributed by atoms with van der Waals surface area (Å²) in [6.45, 7) is 1.42. The predicted molar refractivity (Wildman–Crippen MR) is 120 cm³/mol.